The minimum Gasteiger partial charge on any atom is -0.271 e. The fraction of sp³-hybridized carbons (Fsp3) is 0.727. The third kappa shape index (κ3) is 1.83. The van der Waals surface area contributed by atoms with Crippen molar-refractivity contribution >= 4 is 22.6 Å². The van der Waals surface area contributed by atoms with Crippen molar-refractivity contribution in [3.8, 4) is 0 Å². The van der Waals surface area contributed by atoms with Gasteiger partial charge in [-0.1, -0.05) is 0 Å². The van der Waals surface area contributed by atoms with Crippen molar-refractivity contribution in [1.82, 2.24) is 9.78 Å². The first kappa shape index (κ1) is 9.19. The molecule has 1 heterocycles. The van der Waals surface area contributed by atoms with Gasteiger partial charge in [0.15, 0.2) is 0 Å². The summed E-state index contributed by atoms with van der Waals surface area (Å²) < 4.78 is 3.37. The van der Waals surface area contributed by atoms with Crippen molar-refractivity contribution < 1.29 is 0 Å². The SMILES string of the molecule is Ic1cnn(CC2CCC3CC3C2)c1. The Labute approximate surface area is 98.2 Å². The van der Waals surface area contributed by atoms with E-state index in [1.807, 2.05) is 6.20 Å². The summed E-state index contributed by atoms with van der Waals surface area (Å²) in [5.74, 6) is 3.10. The molecule has 1 aromatic heterocycles. The largest absolute Gasteiger partial charge is 0.271 e. The van der Waals surface area contributed by atoms with Gasteiger partial charge in [0.2, 0.25) is 0 Å². The van der Waals surface area contributed by atoms with Gasteiger partial charge in [-0.25, -0.2) is 0 Å². The Bertz CT molecular complexity index is 334. The van der Waals surface area contributed by atoms with Crippen LogP contribution < -0.4 is 0 Å². The fourth-order valence-corrected chi connectivity index (χ4v) is 3.26. The van der Waals surface area contributed by atoms with E-state index in [1.54, 1.807) is 0 Å². The minimum atomic E-state index is 0.898. The van der Waals surface area contributed by atoms with E-state index in [1.165, 1.54) is 29.3 Å². The predicted octanol–water partition coefficient (Wildman–Crippen LogP) is 2.92. The molecule has 0 saturated heterocycles. The average molecular weight is 302 g/mol. The van der Waals surface area contributed by atoms with Crippen LogP contribution in [-0.4, -0.2) is 9.78 Å². The molecule has 14 heavy (non-hydrogen) atoms. The van der Waals surface area contributed by atoms with Crippen molar-refractivity contribution in [1.29, 1.82) is 0 Å². The molecule has 0 aromatic carbocycles. The second-order valence-electron chi connectivity index (χ2n) is 4.82. The Morgan fingerprint density at radius 1 is 1.36 bits per heavy atom. The number of aromatic nitrogens is 2. The standard InChI is InChI=1S/C11H15IN2/c12-11-5-13-14(7-11)6-8-1-2-9-4-10(9)3-8/h5,7-10H,1-4,6H2. The van der Waals surface area contributed by atoms with Crippen LogP contribution in [-0.2, 0) is 6.54 Å². The molecule has 2 aliphatic rings. The lowest BCUT2D eigenvalue weighted by Gasteiger charge is -2.20. The van der Waals surface area contributed by atoms with Crippen LogP contribution >= 0.6 is 22.6 Å². The number of fused-ring (bicyclic) bond motifs is 1. The van der Waals surface area contributed by atoms with Crippen LogP contribution in [0.1, 0.15) is 25.7 Å². The molecule has 0 spiro atoms. The van der Waals surface area contributed by atoms with Crippen LogP contribution in [0.4, 0.5) is 0 Å². The van der Waals surface area contributed by atoms with Gasteiger partial charge in [-0.3, -0.25) is 4.68 Å². The van der Waals surface area contributed by atoms with Crippen molar-refractivity contribution in [3.63, 3.8) is 0 Å². The molecule has 3 unspecified atom stereocenters. The lowest BCUT2D eigenvalue weighted by Crippen LogP contribution is -2.15. The molecule has 2 nitrogen and oxygen atoms in total. The maximum absolute atomic E-state index is 4.36. The third-order valence-corrected chi connectivity index (χ3v) is 4.25. The molecule has 0 bridgehead atoms. The minimum absolute atomic E-state index is 0.898. The van der Waals surface area contributed by atoms with E-state index in [4.69, 9.17) is 0 Å². The van der Waals surface area contributed by atoms with E-state index in [-0.39, 0.29) is 0 Å². The predicted molar refractivity (Wildman–Crippen MR) is 63.9 cm³/mol. The first-order valence-corrected chi connectivity index (χ1v) is 6.57. The van der Waals surface area contributed by atoms with Crippen LogP contribution in [0.3, 0.4) is 0 Å². The summed E-state index contributed by atoms with van der Waals surface area (Å²) in [6.45, 7) is 1.15. The monoisotopic (exact) mass is 302 g/mol. The molecule has 2 aliphatic carbocycles. The highest BCUT2D eigenvalue weighted by atomic mass is 127. The van der Waals surface area contributed by atoms with E-state index < -0.39 is 0 Å². The van der Waals surface area contributed by atoms with Gasteiger partial charge < -0.3 is 0 Å². The fourth-order valence-electron chi connectivity index (χ4n) is 2.82. The van der Waals surface area contributed by atoms with E-state index in [0.29, 0.717) is 0 Å². The molecular weight excluding hydrogens is 287 g/mol. The van der Waals surface area contributed by atoms with Crippen molar-refractivity contribution in [2.45, 2.75) is 32.2 Å². The first-order chi connectivity index (χ1) is 6.81. The maximum atomic E-state index is 4.36. The molecule has 2 fully saturated rings. The molecule has 3 rings (SSSR count). The average Bonchev–Trinajstić information content (AvgIpc) is 2.82. The van der Waals surface area contributed by atoms with Crippen molar-refractivity contribution in [2.24, 2.45) is 17.8 Å². The van der Waals surface area contributed by atoms with Gasteiger partial charge in [-0.2, -0.15) is 5.10 Å². The van der Waals surface area contributed by atoms with E-state index in [2.05, 4.69) is 38.6 Å². The molecule has 76 valence electrons. The van der Waals surface area contributed by atoms with Gasteiger partial charge in [0.25, 0.3) is 0 Å². The number of nitrogens with zero attached hydrogens (tertiary/aromatic N) is 2. The summed E-state index contributed by atoms with van der Waals surface area (Å²) in [5, 5.41) is 4.36. The molecule has 3 atom stereocenters. The van der Waals surface area contributed by atoms with Gasteiger partial charge in [-0.05, 0) is 66.0 Å². The zero-order valence-corrected chi connectivity index (χ0v) is 10.4. The molecule has 0 radical (unpaired) electrons. The number of halogens is 1. The number of hydrogen-bond donors (Lipinski definition) is 0. The van der Waals surface area contributed by atoms with Crippen LogP contribution in [0.2, 0.25) is 0 Å². The smallest absolute Gasteiger partial charge is 0.0623 e. The Balaban J connectivity index is 1.61. The van der Waals surface area contributed by atoms with Crippen molar-refractivity contribution in [3.05, 3.63) is 16.0 Å². The summed E-state index contributed by atoms with van der Waals surface area (Å²) in [5.41, 5.74) is 0. The summed E-state index contributed by atoms with van der Waals surface area (Å²) in [7, 11) is 0. The normalized spacial score (nSPS) is 35.4. The lowest BCUT2D eigenvalue weighted by molar-refractivity contribution is 0.297. The van der Waals surface area contributed by atoms with Gasteiger partial charge in [0.05, 0.1) is 9.77 Å². The molecule has 3 heteroatoms. The quantitative estimate of drug-likeness (QED) is 0.768. The van der Waals surface area contributed by atoms with Gasteiger partial charge >= 0.3 is 0 Å². The molecule has 0 amide bonds. The second kappa shape index (κ2) is 3.51. The second-order valence-corrected chi connectivity index (χ2v) is 6.06. The summed E-state index contributed by atoms with van der Waals surface area (Å²) in [6.07, 6.45) is 9.99. The van der Waals surface area contributed by atoms with Crippen LogP contribution in [0.5, 0.6) is 0 Å². The highest BCUT2D eigenvalue weighted by Crippen LogP contribution is 2.51. The van der Waals surface area contributed by atoms with Gasteiger partial charge in [0, 0.05) is 12.7 Å². The van der Waals surface area contributed by atoms with Crippen LogP contribution in [0, 0.1) is 21.3 Å². The van der Waals surface area contributed by atoms with E-state index in [9.17, 15) is 0 Å². The third-order valence-electron chi connectivity index (χ3n) is 3.70. The molecule has 0 aliphatic heterocycles. The van der Waals surface area contributed by atoms with Crippen molar-refractivity contribution in [2.75, 3.05) is 0 Å². The zero-order chi connectivity index (χ0) is 9.54. The maximum Gasteiger partial charge on any atom is 0.0623 e. The van der Waals surface area contributed by atoms with Gasteiger partial charge in [-0.15, -0.1) is 0 Å². The highest BCUT2D eigenvalue weighted by Gasteiger charge is 2.41. The number of rotatable bonds is 2. The Kier molecular flexibility index (Phi) is 2.30. The molecular formula is C11H15IN2. The zero-order valence-electron chi connectivity index (χ0n) is 8.19. The summed E-state index contributed by atoms with van der Waals surface area (Å²) >= 11 is 2.32. The van der Waals surface area contributed by atoms with Gasteiger partial charge in [0.1, 0.15) is 0 Å². The van der Waals surface area contributed by atoms with E-state index in [0.717, 1.165) is 24.3 Å². The van der Waals surface area contributed by atoms with Crippen LogP contribution in [0.25, 0.3) is 0 Å². The summed E-state index contributed by atoms with van der Waals surface area (Å²) in [4.78, 5) is 0. The molecule has 0 N–H and O–H groups in total. The summed E-state index contributed by atoms with van der Waals surface area (Å²) in [6, 6.07) is 0. The highest BCUT2D eigenvalue weighted by molar-refractivity contribution is 14.1. The van der Waals surface area contributed by atoms with E-state index >= 15 is 0 Å². The number of hydrogen-bond acceptors (Lipinski definition) is 1. The Hall–Kier alpha value is -0.0600. The van der Waals surface area contributed by atoms with Crippen LogP contribution in [0.15, 0.2) is 12.4 Å². The lowest BCUT2D eigenvalue weighted by atomic mass is 9.89. The Morgan fingerprint density at radius 2 is 2.29 bits per heavy atom. The molecule has 1 aromatic rings. The Morgan fingerprint density at radius 3 is 3.00 bits per heavy atom. The topological polar surface area (TPSA) is 17.8 Å². The molecule has 2 saturated carbocycles. The first-order valence-electron chi connectivity index (χ1n) is 5.49.